The average Bonchev–Trinajstić information content (AvgIpc) is 2.86. The number of aromatic carboxylic acids is 1. The Balaban J connectivity index is 2.09. The van der Waals surface area contributed by atoms with E-state index in [9.17, 15) is 13.2 Å². The Morgan fingerprint density at radius 1 is 1.47 bits per heavy atom. The summed E-state index contributed by atoms with van der Waals surface area (Å²) in [6.45, 7) is 0.185. The molecule has 0 amide bonds. The highest BCUT2D eigenvalue weighted by atomic mass is 32.2. The molecule has 0 spiro atoms. The van der Waals surface area contributed by atoms with Gasteiger partial charge < -0.3 is 9.52 Å². The molecule has 0 aliphatic rings. The highest BCUT2D eigenvalue weighted by molar-refractivity contribution is 7.89. The number of sulfone groups is 1. The van der Waals surface area contributed by atoms with Crippen molar-refractivity contribution < 1.29 is 22.7 Å². The van der Waals surface area contributed by atoms with Crippen LogP contribution in [0.25, 0.3) is 0 Å². The lowest BCUT2D eigenvalue weighted by atomic mass is 10.4. The minimum absolute atomic E-state index is 0.161. The lowest BCUT2D eigenvalue weighted by Gasteiger charge is -1.95. The molecule has 0 saturated carbocycles. The number of carboxylic acids is 1. The van der Waals surface area contributed by atoms with Gasteiger partial charge in [-0.1, -0.05) is 5.21 Å². The number of aromatic nitrogens is 3. The monoisotopic (exact) mass is 285 g/mol. The normalized spacial score (nSPS) is 11.6. The lowest BCUT2D eigenvalue weighted by molar-refractivity contribution is 0.0660. The van der Waals surface area contributed by atoms with Gasteiger partial charge in [0.15, 0.2) is 9.84 Å². The summed E-state index contributed by atoms with van der Waals surface area (Å²) < 4.78 is 28.6. The fourth-order valence-corrected chi connectivity index (χ4v) is 2.16. The molecule has 2 aromatic heterocycles. The maximum absolute atomic E-state index is 11.1. The predicted octanol–water partition coefficient (Wildman–Crippen LogP) is 0.162. The van der Waals surface area contributed by atoms with Crippen LogP contribution in [0.3, 0.4) is 0 Å². The third-order valence-electron chi connectivity index (χ3n) is 2.19. The highest BCUT2D eigenvalue weighted by Gasteiger charge is 2.12. The molecular weight excluding hydrogens is 274 g/mol. The van der Waals surface area contributed by atoms with Crippen molar-refractivity contribution in [2.75, 3.05) is 6.26 Å². The van der Waals surface area contributed by atoms with Crippen LogP contribution in [0.2, 0.25) is 0 Å². The minimum atomic E-state index is -3.16. The third-order valence-corrected chi connectivity index (χ3v) is 3.01. The van der Waals surface area contributed by atoms with Crippen molar-refractivity contribution in [1.82, 2.24) is 15.0 Å². The lowest BCUT2D eigenvalue weighted by Crippen LogP contribution is -2.01. The van der Waals surface area contributed by atoms with Crippen LogP contribution in [-0.2, 0) is 22.1 Å². The molecule has 9 heteroatoms. The first kappa shape index (κ1) is 13.3. The summed E-state index contributed by atoms with van der Waals surface area (Å²) in [5.74, 6) is -1.10. The Morgan fingerprint density at radius 2 is 2.21 bits per heavy atom. The summed E-state index contributed by atoms with van der Waals surface area (Å²) in [4.78, 5) is 10.6. The summed E-state index contributed by atoms with van der Waals surface area (Å²) in [6, 6.07) is 2.85. The number of carboxylic acid groups (broad SMARTS) is 1. The van der Waals surface area contributed by atoms with Gasteiger partial charge in [0.2, 0.25) is 5.76 Å². The number of hydrogen-bond donors (Lipinski definition) is 1. The number of nitrogens with zero attached hydrogens (tertiary/aromatic N) is 3. The third kappa shape index (κ3) is 3.65. The number of carbonyl (C=O) groups is 1. The molecule has 0 bridgehead atoms. The summed E-state index contributed by atoms with van der Waals surface area (Å²) in [5, 5.41) is 16.2. The van der Waals surface area contributed by atoms with Gasteiger partial charge in [-0.25, -0.2) is 17.9 Å². The van der Waals surface area contributed by atoms with Crippen molar-refractivity contribution in [2.24, 2.45) is 0 Å². The molecule has 0 aliphatic heterocycles. The molecular formula is C10H11N3O5S. The topological polar surface area (TPSA) is 115 Å². The Bertz CT molecular complexity index is 700. The number of rotatable bonds is 5. The maximum atomic E-state index is 11.1. The van der Waals surface area contributed by atoms with Crippen LogP contribution in [0.15, 0.2) is 22.7 Å². The molecule has 2 rings (SSSR count). The van der Waals surface area contributed by atoms with Crippen LogP contribution in [-0.4, -0.2) is 40.7 Å². The van der Waals surface area contributed by atoms with Crippen LogP contribution in [0, 0.1) is 0 Å². The zero-order valence-electron chi connectivity index (χ0n) is 9.98. The van der Waals surface area contributed by atoms with Crippen LogP contribution >= 0.6 is 0 Å². The number of hydrogen-bond acceptors (Lipinski definition) is 6. The highest BCUT2D eigenvalue weighted by Crippen LogP contribution is 2.09. The van der Waals surface area contributed by atoms with E-state index in [1.807, 2.05) is 0 Å². The van der Waals surface area contributed by atoms with Gasteiger partial charge >= 0.3 is 5.97 Å². The summed E-state index contributed by atoms with van der Waals surface area (Å²) in [6.07, 6.45) is 2.59. The van der Waals surface area contributed by atoms with Gasteiger partial charge in [-0.3, -0.25) is 0 Å². The second kappa shape index (κ2) is 4.84. The second-order valence-corrected chi connectivity index (χ2v) is 6.19. The molecule has 0 aromatic carbocycles. The van der Waals surface area contributed by atoms with Crippen LogP contribution in [0.5, 0.6) is 0 Å². The Kier molecular flexibility index (Phi) is 3.38. The fourth-order valence-electron chi connectivity index (χ4n) is 1.49. The van der Waals surface area contributed by atoms with E-state index in [4.69, 9.17) is 9.52 Å². The molecule has 2 heterocycles. The quantitative estimate of drug-likeness (QED) is 0.831. The predicted molar refractivity (Wildman–Crippen MR) is 63.3 cm³/mol. The van der Waals surface area contributed by atoms with Gasteiger partial charge in [-0.2, -0.15) is 0 Å². The largest absolute Gasteiger partial charge is 0.475 e. The van der Waals surface area contributed by atoms with Gasteiger partial charge in [0.25, 0.3) is 0 Å². The Hall–Kier alpha value is -2.16. The van der Waals surface area contributed by atoms with Gasteiger partial charge in [-0.05, 0) is 12.1 Å². The maximum Gasteiger partial charge on any atom is 0.371 e. The SMILES string of the molecule is CS(=O)(=O)Cc1cn(Cc2ccc(C(=O)O)o2)nn1. The summed E-state index contributed by atoms with van der Waals surface area (Å²) in [7, 11) is -3.16. The molecule has 0 aliphatic carbocycles. The molecule has 0 saturated heterocycles. The van der Waals surface area contributed by atoms with Crippen molar-refractivity contribution in [1.29, 1.82) is 0 Å². The van der Waals surface area contributed by atoms with E-state index >= 15 is 0 Å². The van der Waals surface area contributed by atoms with E-state index in [0.717, 1.165) is 6.26 Å². The minimum Gasteiger partial charge on any atom is -0.475 e. The molecule has 8 nitrogen and oxygen atoms in total. The molecule has 0 radical (unpaired) electrons. The molecule has 2 aromatic rings. The number of furan rings is 1. The van der Waals surface area contributed by atoms with Crippen molar-refractivity contribution in [3.8, 4) is 0 Å². The molecule has 1 N–H and O–H groups in total. The molecule has 19 heavy (non-hydrogen) atoms. The van der Waals surface area contributed by atoms with E-state index in [1.54, 1.807) is 0 Å². The zero-order valence-corrected chi connectivity index (χ0v) is 10.8. The first-order chi connectivity index (χ1) is 8.83. The Labute approximate surface area is 108 Å². The Morgan fingerprint density at radius 3 is 2.79 bits per heavy atom. The van der Waals surface area contributed by atoms with E-state index < -0.39 is 15.8 Å². The van der Waals surface area contributed by atoms with E-state index in [0.29, 0.717) is 11.5 Å². The summed E-state index contributed by atoms with van der Waals surface area (Å²) in [5.41, 5.74) is 0.326. The second-order valence-electron chi connectivity index (χ2n) is 4.05. The van der Waals surface area contributed by atoms with Gasteiger partial charge in [0, 0.05) is 12.5 Å². The smallest absolute Gasteiger partial charge is 0.371 e. The molecule has 102 valence electrons. The van der Waals surface area contributed by atoms with Gasteiger partial charge in [0.05, 0.1) is 11.4 Å². The average molecular weight is 285 g/mol. The van der Waals surface area contributed by atoms with E-state index in [1.165, 1.54) is 23.0 Å². The fraction of sp³-hybridized carbons (Fsp3) is 0.300. The van der Waals surface area contributed by atoms with E-state index in [2.05, 4.69) is 10.3 Å². The molecule has 0 fully saturated rings. The molecule has 0 atom stereocenters. The zero-order chi connectivity index (χ0) is 14.0. The van der Waals surface area contributed by atoms with Crippen LogP contribution in [0.1, 0.15) is 22.0 Å². The first-order valence-corrected chi connectivity index (χ1v) is 7.28. The van der Waals surface area contributed by atoms with Crippen molar-refractivity contribution >= 4 is 15.8 Å². The van der Waals surface area contributed by atoms with Crippen LogP contribution < -0.4 is 0 Å². The van der Waals surface area contributed by atoms with Crippen molar-refractivity contribution in [2.45, 2.75) is 12.3 Å². The van der Waals surface area contributed by atoms with Gasteiger partial charge in [0.1, 0.15) is 12.3 Å². The van der Waals surface area contributed by atoms with Crippen molar-refractivity contribution in [3.05, 3.63) is 35.5 Å². The van der Waals surface area contributed by atoms with Crippen molar-refractivity contribution in [3.63, 3.8) is 0 Å². The van der Waals surface area contributed by atoms with E-state index in [-0.39, 0.29) is 18.1 Å². The van der Waals surface area contributed by atoms with Crippen LogP contribution in [0.4, 0.5) is 0 Å². The van der Waals surface area contributed by atoms with Gasteiger partial charge in [-0.15, -0.1) is 5.10 Å². The molecule has 0 unspecified atom stereocenters. The standard InChI is InChI=1S/C10H11N3O5S/c1-19(16,17)6-7-4-13(12-11-7)5-8-2-3-9(18-8)10(14)15/h2-4H,5-6H2,1H3,(H,14,15). The first-order valence-electron chi connectivity index (χ1n) is 5.22. The summed E-state index contributed by atoms with van der Waals surface area (Å²) >= 11 is 0.